The van der Waals surface area contributed by atoms with E-state index in [-0.39, 0.29) is 30.1 Å². The molecule has 8 heteroatoms. The monoisotopic (exact) mass is 326 g/mol. The summed E-state index contributed by atoms with van der Waals surface area (Å²) in [6.45, 7) is 0.896. The van der Waals surface area contributed by atoms with Gasteiger partial charge in [0.2, 0.25) is 10.0 Å². The van der Waals surface area contributed by atoms with Crippen molar-refractivity contribution in [2.75, 3.05) is 31.7 Å². The zero-order valence-electron chi connectivity index (χ0n) is 12.2. The fourth-order valence-corrected chi connectivity index (χ4v) is 3.60. The fraction of sp³-hybridized carbons (Fsp3) is 0.500. The third-order valence-electron chi connectivity index (χ3n) is 3.85. The Bertz CT molecular complexity index is 682. The van der Waals surface area contributed by atoms with E-state index in [0.717, 1.165) is 12.8 Å². The van der Waals surface area contributed by atoms with Gasteiger partial charge in [-0.1, -0.05) is 0 Å². The highest BCUT2D eigenvalue weighted by atomic mass is 32.2. The summed E-state index contributed by atoms with van der Waals surface area (Å²) in [6.07, 6.45) is 1.74. The van der Waals surface area contributed by atoms with Crippen molar-refractivity contribution < 1.29 is 22.7 Å². The van der Waals surface area contributed by atoms with Gasteiger partial charge in [-0.2, -0.15) is 0 Å². The number of rotatable bonds is 4. The van der Waals surface area contributed by atoms with Crippen LogP contribution in [0.15, 0.2) is 23.1 Å². The van der Waals surface area contributed by atoms with Crippen LogP contribution in [0.5, 0.6) is 5.75 Å². The highest BCUT2D eigenvalue weighted by Crippen LogP contribution is 2.33. The second-order valence-corrected chi connectivity index (χ2v) is 7.12. The molecule has 1 fully saturated rings. The largest absolute Gasteiger partial charge is 0.482 e. The number of carbonyl (C=O) groups excluding carboxylic acids is 1. The molecule has 1 atom stereocenters. The van der Waals surface area contributed by atoms with Gasteiger partial charge in [-0.15, -0.1) is 0 Å². The molecule has 0 spiro atoms. The van der Waals surface area contributed by atoms with Crippen LogP contribution in [0.3, 0.4) is 0 Å². The lowest BCUT2D eigenvalue weighted by molar-refractivity contribution is -0.120. The predicted molar refractivity (Wildman–Crippen MR) is 79.5 cm³/mol. The van der Waals surface area contributed by atoms with Crippen molar-refractivity contribution in [3.8, 4) is 5.75 Å². The van der Waals surface area contributed by atoms with E-state index in [1.165, 1.54) is 17.0 Å². The van der Waals surface area contributed by atoms with Crippen molar-refractivity contribution >= 4 is 21.6 Å². The minimum absolute atomic E-state index is 0.0349. The molecule has 1 aromatic carbocycles. The molecule has 1 aromatic rings. The molecule has 7 nitrogen and oxygen atoms in total. The molecule has 1 amide bonds. The van der Waals surface area contributed by atoms with Crippen LogP contribution in [0.4, 0.5) is 5.69 Å². The van der Waals surface area contributed by atoms with Crippen LogP contribution < -0.4 is 14.4 Å². The van der Waals surface area contributed by atoms with Gasteiger partial charge in [-0.25, -0.2) is 13.1 Å². The van der Waals surface area contributed by atoms with E-state index in [0.29, 0.717) is 18.0 Å². The molecule has 3 rings (SSSR count). The van der Waals surface area contributed by atoms with Gasteiger partial charge in [0.25, 0.3) is 5.91 Å². The Morgan fingerprint density at radius 3 is 2.95 bits per heavy atom. The molecule has 0 radical (unpaired) electrons. The van der Waals surface area contributed by atoms with Crippen molar-refractivity contribution in [3.63, 3.8) is 0 Å². The summed E-state index contributed by atoms with van der Waals surface area (Å²) in [7, 11) is -2.05. The zero-order chi connectivity index (χ0) is 15.7. The smallest absolute Gasteiger partial charge is 0.264 e. The van der Waals surface area contributed by atoms with Crippen molar-refractivity contribution in [3.05, 3.63) is 18.2 Å². The average molecular weight is 326 g/mol. The second-order valence-electron chi connectivity index (χ2n) is 5.36. The number of hydrogen-bond donors (Lipinski definition) is 1. The fourth-order valence-electron chi connectivity index (χ4n) is 2.51. The van der Waals surface area contributed by atoms with Crippen molar-refractivity contribution in [2.24, 2.45) is 0 Å². The van der Waals surface area contributed by atoms with Gasteiger partial charge in [0.15, 0.2) is 6.61 Å². The lowest BCUT2D eigenvalue weighted by Gasteiger charge is -2.26. The van der Waals surface area contributed by atoms with Crippen molar-refractivity contribution in [2.45, 2.75) is 23.8 Å². The third-order valence-corrected chi connectivity index (χ3v) is 5.27. The van der Waals surface area contributed by atoms with Crippen LogP contribution in [-0.2, 0) is 19.6 Å². The van der Waals surface area contributed by atoms with E-state index in [2.05, 4.69) is 4.72 Å². The summed E-state index contributed by atoms with van der Waals surface area (Å²) in [5.74, 6) is 0.287. The molecule has 0 unspecified atom stereocenters. The van der Waals surface area contributed by atoms with Crippen LogP contribution >= 0.6 is 0 Å². The molecule has 1 N–H and O–H groups in total. The van der Waals surface area contributed by atoms with Gasteiger partial charge in [0, 0.05) is 20.2 Å². The molecule has 2 aliphatic heterocycles. The number of carbonyl (C=O) groups is 1. The highest BCUT2D eigenvalue weighted by molar-refractivity contribution is 7.89. The van der Waals surface area contributed by atoms with Gasteiger partial charge < -0.3 is 14.4 Å². The molecular formula is C14H18N2O5S. The molecule has 0 bridgehead atoms. The summed E-state index contributed by atoms with van der Waals surface area (Å²) < 4.78 is 38.0. The van der Waals surface area contributed by atoms with Crippen molar-refractivity contribution in [1.29, 1.82) is 0 Å². The first kappa shape index (κ1) is 15.3. The van der Waals surface area contributed by atoms with Crippen LogP contribution in [0.25, 0.3) is 0 Å². The zero-order valence-corrected chi connectivity index (χ0v) is 13.1. The number of nitrogens with one attached hydrogen (secondary N) is 1. The molecule has 22 heavy (non-hydrogen) atoms. The summed E-state index contributed by atoms with van der Waals surface area (Å²) in [4.78, 5) is 13.1. The Hall–Kier alpha value is -1.64. The van der Waals surface area contributed by atoms with E-state index < -0.39 is 10.0 Å². The molecule has 1 saturated heterocycles. The summed E-state index contributed by atoms with van der Waals surface area (Å²) in [5, 5.41) is 0. The second kappa shape index (κ2) is 5.86. The maximum Gasteiger partial charge on any atom is 0.264 e. The number of ether oxygens (including phenoxy) is 2. The molecule has 120 valence electrons. The Labute approximate surface area is 129 Å². The normalized spacial score (nSPS) is 21.6. The molecule has 2 heterocycles. The quantitative estimate of drug-likeness (QED) is 0.871. The average Bonchev–Trinajstić information content (AvgIpc) is 3.02. The summed E-state index contributed by atoms with van der Waals surface area (Å²) in [6, 6.07) is 4.49. The summed E-state index contributed by atoms with van der Waals surface area (Å²) >= 11 is 0. The minimum Gasteiger partial charge on any atom is -0.482 e. The Morgan fingerprint density at radius 1 is 1.41 bits per heavy atom. The molecule has 2 aliphatic rings. The van der Waals surface area contributed by atoms with Crippen LogP contribution in [0.1, 0.15) is 12.8 Å². The minimum atomic E-state index is -3.65. The molecule has 0 aliphatic carbocycles. The van der Waals surface area contributed by atoms with E-state index >= 15 is 0 Å². The number of anilines is 1. The first-order chi connectivity index (χ1) is 10.5. The molecule has 0 aromatic heterocycles. The Kier molecular flexibility index (Phi) is 4.07. The first-order valence-electron chi connectivity index (χ1n) is 7.12. The Morgan fingerprint density at radius 2 is 2.23 bits per heavy atom. The molecule has 0 saturated carbocycles. The van der Waals surface area contributed by atoms with Gasteiger partial charge in [0.05, 0.1) is 16.7 Å². The van der Waals surface area contributed by atoms with E-state index in [9.17, 15) is 13.2 Å². The number of nitrogens with zero attached hydrogens (tertiary/aromatic N) is 1. The molecular weight excluding hydrogens is 308 g/mol. The number of sulfonamides is 1. The standard InChI is InChI=1S/C14H18N2O5S/c1-16-12-7-11(4-5-13(12)21-9-14(16)17)22(18,19)15-8-10-3-2-6-20-10/h4-5,7,10,15H,2-3,6,8-9H2,1H3/t10-/m0/s1. The van der Waals surface area contributed by atoms with Crippen LogP contribution in [-0.4, -0.2) is 47.2 Å². The number of fused-ring (bicyclic) bond motifs is 1. The number of hydrogen-bond acceptors (Lipinski definition) is 5. The predicted octanol–water partition coefficient (Wildman–Crippen LogP) is 0.499. The topological polar surface area (TPSA) is 84.9 Å². The van der Waals surface area contributed by atoms with Crippen molar-refractivity contribution in [1.82, 2.24) is 4.72 Å². The van der Waals surface area contributed by atoms with E-state index in [4.69, 9.17) is 9.47 Å². The van der Waals surface area contributed by atoms with Gasteiger partial charge in [-0.3, -0.25) is 4.79 Å². The van der Waals surface area contributed by atoms with E-state index in [1.54, 1.807) is 13.1 Å². The maximum atomic E-state index is 12.4. The Balaban J connectivity index is 1.80. The SMILES string of the molecule is CN1C(=O)COc2ccc(S(=O)(=O)NC[C@@H]3CCCO3)cc21. The van der Waals surface area contributed by atoms with Crippen LogP contribution in [0, 0.1) is 0 Å². The van der Waals surface area contributed by atoms with Gasteiger partial charge in [-0.05, 0) is 31.0 Å². The van der Waals surface area contributed by atoms with E-state index in [1.807, 2.05) is 0 Å². The lowest BCUT2D eigenvalue weighted by atomic mass is 10.2. The number of benzene rings is 1. The number of amides is 1. The lowest BCUT2D eigenvalue weighted by Crippen LogP contribution is -2.36. The third kappa shape index (κ3) is 2.94. The highest BCUT2D eigenvalue weighted by Gasteiger charge is 2.26. The number of likely N-dealkylation sites (N-methyl/N-ethyl adjacent to an activating group) is 1. The maximum absolute atomic E-state index is 12.4. The van der Waals surface area contributed by atoms with Gasteiger partial charge in [0.1, 0.15) is 5.75 Å². The van der Waals surface area contributed by atoms with Gasteiger partial charge >= 0.3 is 0 Å². The van der Waals surface area contributed by atoms with Crippen LogP contribution in [0.2, 0.25) is 0 Å². The first-order valence-corrected chi connectivity index (χ1v) is 8.60. The summed E-state index contributed by atoms with van der Waals surface area (Å²) in [5.41, 5.74) is 0.455.